The number of benzene rings is 1. The SMILES string of the molecule is CCCOc1nccc2c1C(c1ccccc1C(F)(F)F)C(C(=O)OCC)=C(C)N2. The molecule has 1 aliphatic rings. The fraction of sp³-hybridized carbons (Fsp3) is 0.364. The van der Waals surface area contributed by atoms with Gasteiger partial charge in [-0.3, -0.25) is 0 Å². The van der Waals surface area contributed by atoms with Gasteiger partial charge in [0, 0.05) is 23.1 Å². The van der Waals surface area contributed by atoms with Crippen molar-refractivity contribution in [1.82, 2.24) is 4.98 Å². The minimum atomic E-state index is -4.60. The van der Waals surface area contributed by atoms with Gasteiger partial charge in [-0.15, -0.1) is 0 Å². The molecule has 30 heavy (non-hydrogen) atoms. The number of anilines is 1. The number of aromatic nitrogens is 1. The Balaban J connectivity index is 2.30. The number of nitrogens with one attached hydrogen (secondary N) is 1. The summed E-state index contributed by atoms with van der Waals surface area (Å²) in [6.45, 7) is 5.65. The molecule has 1 N–H and O–H groups in total. The maximum atomic E-state index is 13.9. The van der Waals surface area contributed by atoms with E-state index in [1.807, 2.05) is 6.92 Å². The Bertz CT molecular complexity index is 970. The minimum Gasteiger partial charge on any atom is -0.477 e. The second-order valence-electron chi connectivity index (χ2n) is 6.83. The van der Waals surface area contributed by atoms with E-state index in [2.05, 4.69) is 10.3 Å². The first-order valence-electron chi connectivity index (χ1n) is 9.72. The molecule has 1 aromatic carbocycles. The predicted octanol–water partition coefficient (Wildman–Crippen LogP) is 5.28. The standard InChI is InChI=1S/C22H23F3N2O3/c1-4-12-30-20-19-16(10-11-26-20)27-13(3)17(21(28)29-5-2)18(19)14-8-6-7-9-15(14)22(23,24)25/h6-11,18,27H,4-5,12H2,1-3H3. The maximum Gasteiger partial charge on any atom is 0.416 e. The van der Waals surface area contributed by atoms with Crippen LogP contribution in [0.25, 0.3) is 0 Å². The zero-order valence-corrected chi connectivity index (χ0v) is 17.0. The summed E-state index contributed by atoms with van der Waals surface area (Å²) < 4.78 is 52.5. The summed E-state index contributed by atoms with van der Waals surface area (Å²) in [6.07, 6.45) is -2.38. The van der Waals surface area contributed by atoms with Gasteiger partial charge in [0.2, 0.25) is 5.88 Å². The molecule has 0 bridgehead atoms. The molecule has 0 saturated heterocycles. The summed E-state index contributed by atoms with van der Waals surface area (Å²) >= 11 is 0. The highest BCUT2D eigenvalue weighted by atomic mass is 19.4. The smallest absolute Gasteiger partial charge is 0.416 e. The number of nitrogens with zero attached hydrogens (tertiary/aromatic N) is 1. The molecule has 5 nitrogen and oxygen atoms in total. The second-order valence-corrected chi connectivity index (χ2v) is 6.83. The largest absolute Gasteiger partial charge is 0.477 e. The summed E-state index contributed by atoms with van der Waals surface area (Å²) in [5.41, 5.74) is 0.596. The number of alkyl halides is 3. The topological polar surface area (TPSA) is 60.5 Å². The van der Waals surface area contributed by atoms with Gasteiger partial charge in [-0.05, 0) is 38.0 Å². The molecule has 2 aromatic rings. The van der Waals surface area contributed by atoms with Crippen LogP contribution in [0.2, 0.25) is 0 Å². The molecular formula is C22H23F3N2O3. The summed E-state index contributed by atoms with van der Waals surface area (Å²) in [6, 6.07) is 6.90. The first kappa shape index (κ1) is 21.7. The van der Waals surface area contributed by atoms with Crippen molar-refractivity contribution in [2.45, 2.75) is 39.3 Å². The second kappa shape index (κ2) is 8.77. The van der Waals surface area contributed by atoms with Crippen molar-refractivity contribution in [3.63, 3.8) is 0 Å². The summed E-state index contributed by atoms with van der Waals surface area (Å²) in [4.78, 5) is 17.1. The van der Waals surface area contributed by atoms with Crippen molar-refractivity contribution < 1.29 is 27.4 Å². The van der Waals surface area contributed by atoms with E-state index in [0.717, 1.165) is 6.07 Å². The Morgan fingerprint density at radius 3 is 2.60 bits per heavy atom. The highest BCUT2D eigenvalue weighted by Gasteiger charge is 2.42. The van der Waals surface area contributed by atoms with Gasteiger partial charge < -0.3 is 14.8 Å². The van der Waals surface area contributed by atoms with Gasteiger partial charge >= 0.3 is 12.1 Å². The molecule has 1 aliphatic heterocycles. The van der Waals surface area contributed by atoms with Crippen molar-refractivity contribution in [2.75, 3.05) is 18.5 Å². The van der Waals surface area contributed by atoms with E-state index in [4.69, 9.17) is 9.47 Å². The fourth-order valence-corrected chi connectivity index (χ4v) is 3.58. The molecule has 0 radical (unpaired) electrons. The van der Waals surface area contributed by atoms with Crippen LogP contribution in [0.3, 0.4) is 0 Å². The third-order valence-corrected chi connectivity index (χ3v) is 4.77. The van der Waals surface area contributed by atoms with Crippen molar-refractivity contribution >= 4 is 11.7 Å². The molecule has 3 rings (SSSR count). The lowest BCUT2D eigenvalue weighted by molar-refractivity contribution is -0.140. The quantitative estimate of drug-likeness (QED) is 0.644. The van der Waals surface area contributed by atoms with Crippen LogP contribution in [0.15, 0.2) is 47.8 Å². The van der Waals surface area contributed by atoms with E-state index in [9.17, 15) is 18.0 Å². The Kier molecular flexibility index (Phi) is 6.34. The van der Waals surface area contributed by atoms with Crippen LogP contribution in [0.4, 0.5) is 18.9 Å². The van der Waals surface area contributed by atoms with E-state index >= 15 is 0 Å². The average Bonchev–Trinajstić information content (AvgIpc) is 2.70. The van der Waals surface area contributed by atoms with Gasteiger partial charge in [-0.2, -0.15) is 13.2 Å². The van der Waals surface area contributed by atoms with E-state index in [0.29, 0.717) is 30.0 Å². The monoisotopic (exact) mass is 420 g/mol. The predicted molar refractivity (Wildman–Crippen MR) is 106 cm³/mol. The van der Waals surface area contributed by atoms with Gasteiger partial charge in [0.25, 0.3) is 0 Å². The molecule has 0 aliphatic carbocycles. The molecule has 1 aromatic heterocycles. The van der Waals surface area contributed by atoms with Gasteiger partial charge in [-0.25, -0.2) is 9.78 Å². The Hall–Kier alpha value is -3.03. The molecule has 0 fully saturated rings. The van der Waals surface area contributed by atoms with Crippen LogP contribution in [0.5, 0.6) is 5.88 Å². The molecule has 0 spiro atoms. The summed E-state index contributed by atoms with van der Waals surface area (Å²) in [5.74, 6) is -1.53. The van der Waals surface area contributed by atoms with Crippen LogP contribution in [0, 0.1) is 0 Å². The third-order valence-electron chi connectivity index (χ3n) is 4.77. The van der Waals surface area contributed by atoms with Crippen molar-refractivity contribution in [3.05, 3.63) is 64.5 Å². The van der Waals surface area contributed by atoms with Gasteiger partial charge in [0.15, 0.2) is 0 Å². The molecule has 1 atom stereocenters. The lowest BCUT2D eigenvalue weighted by atomic mass is 9.79. The molecule has 1 unspecified atom stereocenters. The van der Waals surface area contributed by atoms with Crippen molar-refractivity contribution in [2.24, 2.45) is 0 Å². The number of carbonyl (C=O) groups excluding carboxylic acids is 1. The zero-order chi connectivity index (χ0) is 21.9. The molecule has 8 heteroatoms. The first-order valence-corrected chi connectivity index (χ1v) is 9.72. The number of ether oxygens (including phenoxy) is 2. The summed E-state index contributed by atoms with van der Waals surface area (Å²) in [5, 5.41) is 3.10. The Morgan fingerprint density at radius 2 is 1.93 bits per heavy atom. The number of allylic oxidation sites excluding steroid dienone is 1. The first-order chi connectivity index (χ1) is 14.3. The average molecular weight is 420 g/mol. The van der Waals surface area contributed by atoms with Crippen LogP contribution < -0.4 is 10.1 Å². The lowest BCUT2D eigenvalue weighted by Gasteiger charge is -2.32. The van der Waals surface area contributed by atoms with E-state index in [1.54, 1.807) is 19.9 Å². The van der Waals surface area contributed by atoms with Gasteiger partial charge in [-0.1, -0.05) is 25.1 Å². The number of hydrogen-bond acceptors (Lipinski definition) is 5. The number of esters is 1. The number of carbonyl (C=O) groups is 1. The van der Waals surface area contributed by atoms with Crippen LogP contribution >= 0.6 is 0 Å². The molecular weight excluding hydrogens is 397 g/mol. The maximum absolute atomic E-state index is 13.9. The van der Waals surface area contributed by atoms with Gasteiger partial charge in [0.05, 0.1) is 30.3 Å². The van der Waals surface area contributed by atoms with Gasteiger partial charge in [0.1, 0.15) is 0 Å². The number of halogens is 3. The Morgan fingerprint density at radius 1 is 1.20 bits per heavy atom. The fourth-order valence-electron chi connectivity index (χ4n) is 3.58. The summed E-state index contributed by atoms with van der Waals surface area (Å²) in [7, 11) is 0. The molecule has 0 amide bonds. The van der Waals surface area contributed by atoms with E-state index in [-0.39, 0.29) is 23.6 Å². The number of rotatable bonds is 6. The zero-order valence-electron chi connectivity index (χ0n) is 17.0. The minimum absolute atomic E-state index is 0.0514. The lowest BCUT2D eigenvalue weighted by Crippen LogP contribution is -2.27. The number of fused-ring (bicyclic) bond motifs is 1. The highest BCUT2D eigenvalue weighted by molar-refractivity contribution is 5.95. The number of pyridine rings is 1. The normalized spacial score (nSPS) is 16.0. The third kappa shape index (κ3) is 4.13. The molecule has 2 heterocycles. The molecule has 0 saturated carbocycles. The highest BCUT2D eigenvalue weighted by Crippen LogP contribution is 2.48. The van der Waals surface area contributed by atoms with E-state index in [1.165, 1.54) is 24.4 Å². The van der Waals surface area contributed by atoms with E-state index < -0.39 is 23.6 Å². The Labute approximate surface area is 172 Å². The van der Waals surface area contributed by atoms with Crippen molar-refractivity contribution in [3.8, 4) is 5.88 Å². The van der Waals surface area contributed by atoms with Crippen LogP contribution in [-0.2, 0) is 15.7 Å². The van der Waals surface area contributed by atoms with Crippen LogP contribution in [0.1, 0.15) is 49.8 Å². The number of hydrogen-bond donors (Lipinski definition) is 1. The van der Waals surface area contributed by atoms with Crippen LogP contribution in [-0.4, -0.2) is 24.2 Å². The van der Waals surface area contributed by atoms with Crippen molar-refractivity contribution in [1.29, 1.82) is 0 Å². The molecule has 160 valence electrons.